The zero-order chi connectivity index (χ0) is 11.1. The first-order chi connectivity index (χ1) is 6.25. The molecule has 1 fully saturated rings. The van der Waals surface area contributed by atoms with Gasteiger partial charge in [0.2, 0.25) is 0 Å². The van der Waals surface area contributed by atoms with Crippen LogP contribution in [0.1, 0.15) is 34.6 Å². The van der Waals surface area contributed by atoms with Gasteiger partial charge in [-0.1, -0.05) is 27.7 Å². The lowest BCUT2D eigenvalue weighted by Crippen LogP contribution is -2.55. The molecule has 0 aromatic carbocycles. The summed E-state index contributed by atoms with van der Waals surface area (Å²) in [5, 5.41) is 19.4. The standard InChI is InChI=1S/C11H22O3/c1-6-8(12)9(13)7(2)14-10(6)11(3,4)5/h6-10,12-13H,1-5H3/t6-,7?,8?,9-,10+/m0/s1. The van der Waals surface area contributed by atoms with Crippen molar-refractivity contribution >= 4 is 0 Å². The van der Waals surface area contributed by atoms with Crippen molar-refractivity contribution in [3.05, 3.63) is 0 Å². The molecule has 0 aromatic heterocycles. The second-order valence-electron chi connectivity index (χ2n) is 5.47. The Morgan fingerprint density at radius 1 is 1.00 bits per heavy atom. The monoisotopic (exact) mass is 202 g/mol. The van der Waals surface area contributed by atoms with Gasteiger partial charge in [-0.25, -0.2) is 0 Å². The van der Waals surface area contributed by atoms with Crippen molar-refractivity contribution in [3.63, 3.8) is 0 Å². The highest BCUT2D eigenvalue weighted by Gasteiger charge is 2.44. The summed E-state index contributed by atoms with van der Waals surface area (Å²) in [7, 11) is 0. The summed E-state index contributed by atoms with van der Waals surface area (Å²) in [6, 6.07) is 0. The first-order valence-electron chi connectivity index (χ1n) is 5.26. The van der Waals surface area contributed by atoms with Crippen molar-refractivity contribution in [3.8, 4) is 0 Å². The molecule has 0 radical (unpaired) electrons. The molecule has 1 saturated heterocycles. The predicted octanol–water partition coefficient (Wildman–Crippen LogP) is 1.18. The molecule has 1 aliphatic rings. The molecule has 14 heavy (non-hydrogen) atoms. The van der Waals surface area contributed by atoms with Crippen LogP contribution in [0.4, 0.5) is 0 Å². The van der Waals surface area contributed by atoms with E-state index in [9.17, 15) is 10.2 Å². The third-order valence-electron chi connectivity index (χ3n) is 3.06. The topological polar surface area (TPSA) is 49.7 Å². The van der Waals surface area contributed by atoms with E-state index in [1.165, 1.54) is 0 Å². The fourth-order valence-corrected chi connectivity index (χ4v) is 2.20. The largest absolute Gasteiger partial charge is 0.390 e. The van der Waals surface area contributed by atoms with Gasteiger partial charge in [0, 0.05) is 5.92 Å². The number of hydrogen-bond donors (Lipinski definition) is 2. The third kappa shape index (κ3) is 2.10. The van der Waals surface area contributed by atoms with Crippen LogP contribution >= 0.6 is 0 Å². The van der Waals surface area contributed by atoms with E-state index in [1.807, 2.05) is 6.92 Å². The molecule has 3 heteroatoms. The molecule has 0 amide bonds. The van der Waals surface area contributed by atoms with Gasteiger partial charge in [-0.15, -0.1) is 0 Å². The van der Waals surface area contributed by atoms with Crippen LogP contribution < -0.4 is 0 Å². The maximum Gasteiger partial charge on any atom is 0.106 e. The minimum absolute atomic E-state index is 0.00380. The highest BCUT2D eigenvalue weighted by Crippen LogP contribution is 2.36. The van der Waals surface area contributed by atoms with Gasteiger partial charge in [0.15, 0.2) is 0 Å². The molecule has 2 unspecified atom stereocenters. The summed E-state index contributed by atoms with van der Waals surface area (Å²) in [5.74, 6) is -0.0267. The maximum absolute atomic E-state index is 9.82. The van der Waals surface area contributed by atoms with Crippen LogP contribution in [0.15, 0.2) is 0 Å². The van der Waals surface area contributed by atoms with E-state index in [0.717, 1.165) is 0 Å². The van der Waals surface area contributed by atoms with Crippen molar-refractivity contribution < 1.29 is 14.9 Å². The molecule has 0 aliphatic carbocycles. The molecule has 2 N–H and O–H groups in total. The zero-order valence-electron chi connectivity index (χ0n) is 9.69. The van der Waals surface area contributed by atoms with Crippen LogP contribution in [0.3, 0.4) is 0 Å². The van der Waals surface area contributed by atoms with Crippen LogP contribution in [0, 0.1) is 11.3 Å². The smallest absolute Gasteiger partial charge is 0.106 e. The van der Waals surface area contributed by atoms with Gasteiger partial charge in [0.25, 0.3) is 0 Å². The Kier molecular flexibility index (Phi) is 3.24. The van der Waals surface area contributed by atoms with Crippen LogP contribution in [0.25, 0.3) is 0 Å². The first-order valence-corrected chi connectivity index (χ1v) is 5.26. The fraction of sp³-hybridized carbons (Fsp3) is 1.00. The number of rotatable bonds is 0. The van der Waals surface area contributed by atoms with E-state index in [4.69, 9.17) is 4.74 Å². The third-order valence-corrected chi connectivity index (χ3v) is 3.06. The van der Waals surface area contributed by atoms with E-state index < -0.39 is 12.2 Å². The average molecular weight is 202 g/mol. The van der Waals surface area contributed by atoms with E-state index in [0.29, 0.717) is 0 Å². The second kappa shape index (κ2) is 3.80. The quantitative estimate of drug-likeness (QED) is 0.620. The lowest BCUT2D eigenvalue weighted by Gasteiger charge is -2.46. The summed E-state index contributed by atoms with van der Waals surface area (Å²) in [5.41, 5.74) is -0.00516. The Bertz CT molecular complexity index is 197. The van der Waals surface area contributed by atoms with Crippen LogP contribution in [0.2, 0.25) is 0 Å². The Hall–Kier alpha value is -0.120. The first kappa shape index (κ1) is 12.0. The Morgan fingerprint density at radius 2 is 1.50 bits per heavy atom. The van der Waals surface area contributed by atoms with Crippen molar-refractivity contribution in [1.29, 1.82) is 0 Å². The molecule has 1 aliphatic heterocycles. The number of aliphatic hydroxyl groups is 2. The van der Waals surface area contributed by atoms with Crippen LogP contribution in [-0.2, 0) is 4.74 Å². The lowest BCUT2D eigenvalue weighted by atomic mass is 9.76. The van der Waals surface area contributed by atoms with Gasteiger partial charge >= 0.3 is 0 Å². The maximum atomic E-state index is 9.82. The van der Waals surface area contributed by atoms with Gasteiger partial charge < -0.3 is 14.9 Å². The molecule has 0 saturated carbocycles. The second-order valence-corrected chi connectivity index (χ2v) is 5.47. The van der Waals surface area contributed by atoms with Gasteiger partial charge in [-0.05, 0) is 12.3 Å². The summed E-state index contributed by atoms with van der Waals surface area (Å²) < 4.78 is 5.74. The summed E-state index contributed by atoms with van der Waals surface area (Å²) >= 11 is 0. The predicted molar refractivity (Wildman–Crippen MR) is 55.0 cm³/mol. The number of hydrogen-bond acceptors (Lipinski definition) is 3. The molecular formula is C11H22O3. The van der Waals surface area contributed by atoms with E-state index in [2.05, 4.69) is 20.8 Å². The molecular weight excluding hydrogens is 180 g/mol. The van der Waals surface area contributed by atoms with Crippen molar-refractivity contribution in [2.24, 2.45) is 11.3 Å². The van der Waals surface area contributed by atoms with Gasteiger partial charge in [-0.2, -0.15) is 0 Å². The Labute approximate surface area is 86.1 Å². The van der Waals surface area contributed by atoms with Crippen molar-refractivity contribution in [2.75, 3.05) is 0 Å². The molecule has 1 rings (SSSR count). The average Bonchev–Trinajstić information content (AvgIpc) is 2.06. The Morgan fingerprint density at radius 3 is 1.93 bits per heavy atom. The van der Waals surface area contributed by atoms with Gasteiger partial charge in [-0.3, -0.25) is 0 Å². The van der Waals surface area contributed by atoms with Crippen LogP contribution in [0.5, 0.6) is 0 Å². The number of aliphatic hydroxyl groups excluding tert-OH is 2. The van der Waals surface area contributed by atoms with Gasteiger partial charge in [0.05, 0.1) is 18.3 Å². The number of ether oxygens (including phenoxy) is 1. The minimum atomic E-state index is -0.761. The van der Waals surface area contributed by atoms with E-state index in [1.54, 1.807) is 6.92 Å². The fourth-order valence-electron chi connectivity index (χ4n) is 2.20. The lowest BCUT2D eigenvalue weighted by molar-refractivity contribution is -0.214. The molecule has 84 valence electrons. The normalized spacial score (nSPS) is 45.2. The Balaban J connectivity index is 2.81. The summed E-state index contributed by atoms with van der Waals surface area (Å²) in [6.07, 6.45) is -1.73. The molecule has 0 spiro atoms. The van der Waals surface area contributed by atoms with Crippen molar-refractivity contribution in [1.82, 2.24) is 0 Å². The molecule has 0 bridgehead atoms. The molecule has 3 nitrogen and oxygen atoms in total. The molecule has 5 atom stereocenters. The highest BCUT2D eigenvalue weighted by molar-refractivity contribution is 4.92. The molecule has 1 heterocycles. The SMILES string of the molecule is CC1O[C@@H](C(C)(C)C)[C@@H](C)C(O)[C@H]1O. The summed E-state index contributed by atoms with van der Waals surface area (Å²) in [4.78, 5) is 0. The van der Waals surface area contributed by atoms with Crippen molar-refractivity contribution in [2.45, 2.75) is 59.0 Å². The van der Waals surface area contributed by atoms with Gasteiger partial charge in [0.1, 0.15) is 6.10 Å². The van der Waals surface area contributed by atoms with Crippen LogP contribution in [-0.4, -0.2) is 34.6 Å². The van der Waals surface area contributed by atoms with E-state index >= 15 is 0 Å². The minimum Gasteiger partial charge on any atom is -0.390 e. The zero-order valence-corrected chi connectivity index (χ0v) is 9.69. The highest BCUT2D eigenvalue weighted by atomic mass is 16.5. The van der Waals surface area contributed by atoms with E-state index in [-0.39, 0.29) is 23.5 Å². The summed E-state index contributed by atoms with van der Waals surface area (Å²) in [6.45, 7) is 10.00. The molecule has 0 aromatic rings.